The molecule has 0 saturated heterocycles. The number of carbonyl (C=O) groups excluding carboxylic acids is 2. The van der Waals surface area contributed by atoms with E-state index in [9.17, 15) is 9.59 Å². The molecule has 0 fully saturated rings. The quantitative estimate of drug-likeness (QED) is 0.0977. The Labute approximate surface area is 345 Å². The normalized spacial score (nSPS) is 12.5. The van der Waals surface area contributed by atoms with E-state index in [0.717, 1.165) is 50.1 Å². The molecule has 56 heavy (non-hydrogen) atoms. The van der Waals surface area contributed by atoms with Crippen molar-refractivity contribution in [1.82, 2.24) is 25.7 Å². The van der Waals surface area contributed by atoms with Crippen LogP contribution >= 0.6 is 46.4 Å². The number of benzene rings is 5. The number of aromatic amines is 2. The van der Waals surface area contributed by atoms with Crippen molar-refractivity contribution in [3.63, 3.8) is 0 Å². The first-order valence-corrected chi connectivity index (χ1v) is 19.3. The second-order valence-corrected chi connectivity index (χ2v) is 14.9. The second-order valence-electron chi connectivity index (χ2n) is 13.2. The van der Waals surface area contributed by atoms with E-state index in [0.29, 0.717) is 26.5 Å². The lowest BCUT2D eigenvalue weighted by Crippen LogP contribution is -2.28. The summed E-state index contributed by atoms with van der Waals surface area (Å²) in [6.07, 6.45) is 7.71. The molecule has 0 unspecified atom stereocenters. The van der Waals surface area contributed by atoms with Crippen LogP contribution < -0.4 is 11.1 Å². The zero-order chi connectivity index (χ0) is 39.6. The molecule has 0 spiro atoms. The molecule has 5 aromatic carbocycles. The number of nitrogens with zero attached hydrogens (tertiary/aromatic N) is 2. The Morgan fingerprint density at radius 2 is 1.02 bits per heavy atom. The summed E-state index contributed by atoms with van der Waals surface area (Å²) < 4.78 is 0. The Hall–Kier alpha value is -5.38. The Morgan fingerprint density at radius 3 is 1.43 bits per heavy atom. The van der Waals surface area contributed by atoms with Crippen LogP contribution in [-0.4, -0.2) is 32.2 Å². The van der Waals surface area contributed by atoms with Crippen LogP contribution in [0.25, 0.3) is 22.3 Å². The van der Waals surface area contributed by atoms with Crippen LogP contribution in [0.4, 0.5) is 0 Å². The molecule has 0 aliphatic carbocycles. The predicted octanol–water partition coefficient (Wildman–Crippen LogP) is 11.2. The van der Waals surface area contributed by atoms with Gasteiger partial charge in [0.2, 0.25) is 11.8 Å². The van der Waals surface area contributed by atoms with Gasteiger partial charge in [0.05, 0.1) is 38.5 Å². The van der Waals surface area contributed by atoms with Crippen LogP contribution in [0.1, 0.15) is 65.5 Å². The van der Waals surface area contributed by atoms with Gasteiger partial charge in [-0.15, -0.1) is 0 Å². The molecule has 284 valence electrons. The van der Waals surface area contributed by atoms with Crippen LogP contribution in [0.5, 0.6) is 0 Å². The maximum atomic E-state index is 13.0. The first-order valence-electron chi connectivity index (χ1n) is 17.8. The fourth-order valence-corrected chi connectivity index (χ4v) is 7.07. The first-order chi connectivity index (χ1) is 27.0. The number of carbonyl (C=O) groups is 2. The molecule has 8 nitrogen and oxygen atoms in total. The van der Waals surface area contributed by atoms with Gasteiger partial charge in [0.25, 0.3) is 0 Å². The number of nitrogens with two attached hydrogens (primary N) is 1. The average Bonchev–Trinajstić information content (AvgIpc) is 3.95. The third kappa shape index (κ3) is 10.5. The van der Waals surface area contributed by atoms with E-state index in [2.05, 4.69) is 25.7 Å². The number of H-pyrrole nitrogens is 2. The number of nitrogens with one attached hydrogen (secondary N) is 3. The number of halogens is 4. The van der Waals surface area contributed by atoms with E-state index in [1.165, 1.54) is 0 Å². The predicted molar refractivity (Wildman–Crippen MR) is 226 cm³/mol. The summed E-state index contributed by atoms with van der Waals surface area (Å²) in [5, 5.41) is 18.6. The highest BCUT2D eigenvalue weighted by Crippen LogP contribution is 2.35. The van der Waals surface area contributed by atoms with Crippen molar-refractivity contribution in [3.05, 3.63) is 188 Å². The Kier molecular flexibility index (Phi) is 13.7. The van der Waals surface area contributed by atoms with E-state index < -0.39 is 0 Å². The number of primary amides is 1. The lowest BCUT2D eigenvalue weighted by atomic mass is 9.87. The van der Waals surface area contributed by atoms with Gasteiger partial charge in [-0.1, -0.05) is 137 Å². The summed E-state index contributed by atoms with van der Waals surface area (Å²) in [5.41, 5.74) is 14.5. The highest BCUT2D eigenvalue weighted by molar-refractivity contribution is 6.42. The molecule has 0 aliphatic heterocycles. The van der Waals surface area contributed by atoms with Gasteiger partial charge in [-0.05, 0) is 70.1 Å². The van der Waals surface area contributed by atoms with Crippen LogP contribution in [0.15, 0.2) is 140 Å². The molecule has 7 rings (SSSR count). The highest BCUT2D eigenvalue weighted by Gasteiger charge is 2.22. The van der Waals surface area contributed by atoms with Crippen molar-refractivity contribution in [3.8, 4) is 22.3 Å². The smallest absolute Gasteiger partial charge is 0.221 e. The molecule has 0 saturated carbocycles. The van der Waals surface area contributed by atoms with Crippen molar-refractivity contribution in [2.75, 3.05) is 0 Å². The number of hydrogen-bond acceptors (Lipinski definition) is 4. The lowest BCUT2D eigenvalue weighted by molar-refractivity contribution is -0.122. The third-order valence-electron chi connectivity index (χ3n) is 9.45. The molecule has 0 bridgehead atoms. The van der Waals surface area contributed by atoms with Crippen LogP contribution in [0.3, 0.4) is 0 Å². The molecule has 2 heterocycles. The van der Waals surface area contributed by atoms with Crippen LogP contribution in [0, 0.1) is 0 Å². The van der Waals surface area contributed by atoms with Gasteiger partial charge >= 0.3 is 0 Å². The number of rotatable bonds is 12. The minimum atomic E-state index is -0.370. The van der Waals surface area contributed by atoms with Crippen molar-refractivity contribution < 1.29 is 9.59 Å². The van der Waals surface area contributed by atoms with Gasteiger partial charge in [-0.3, -0.25) is 19.8 Å². The molecule has 7 aromatic rings. The minimum absolute atomic E-state index is 0.0312. The van der Waals surface area contributed by atoms with Gasteiger partial charge in [0, 0.05) is 48.2 Å². The molecule has 0 radical (unpaired) electrons. The highest BCUT2D eigenvalue weighted by atomic mass is 35.5. The molecular weight excluding hydrogens is 786 g/mol. The zero-order valence-corrected chi connectivity index (χ0v) is 33.2. The summed E-state index contributed by atoms with van der Waals surface area (Å²) in [7, 11) is 0. The Bertz CT molecular complexity index is 2350. The number of aromatic nitrogens is 4. The fraction of sp³-hybridized carbons (Fsp3) is 0.136. The molecule has 3 atom stereocenters. The SMILES string of the molecule is C[C@H](NC(=O)C[C@H](c1ccc(-c2cn[nH]c2)cc1)c1ccc(Cl)c(Cl)c1)c1ccccc1.NC(=O)C[C@H](c1ccc(-c2cn[nH]c2)cc1)c1ccc(Cl)c(Cl)c1. The second kappa shape index (κ2) is 19.0. The fourth-order valence-electron chi connectivity index (χ4n) is 6.46. The largest absolute Gasteiger partial charge is 0.370 e. The van der Waals surface area contributed by atoms with E-state index in [4.69, 9.17) is 52.1 Å². The van der Waals surface area contributed by atoms with Gasteiger partial charge in [0.15, 0.2) is 0 Å². The van der Waals surface area contributed by atoms with Gasteiger partial charge in [0.1, 0.15) is 0 Å². The Balaban J connectivity index is 0.000000198. The van der Waals surface area contributed by atoms with E-state index in [-0.39, 0.29) is 36.1 Å². The summed E-state index contributed by atoms with van der Waals surface area (Å²) in [6, 6.07) is 36.9. The number of hydrogen-bond donors (Lipinski definition) is 4. The van der Waals surface area contributed by atoms with E-state index in [1.807, 2.05) is 116 Å². The summed E-state index contributed by atoms with van der Waals surface area (Å²) in [4.78, 5) is 24.5. The van der Waals surface area contributed by atoms with Crippen molar-refractivity contribution in [2.45, 2.75) is 37.6 Å². The maximum absolute atomic E-state index is 13.0. The van der Waals surface area contributed by atoms with Crippen LogP contribution in [-0.2, 0) is 9.59 Å². The molecule has 0 aliphatic rings. The molecular formula is C44H38Cl4N6O2. The van der Waals surface area contributed by atoms with Crippen LogP contribution in [0.2, 0.25) is 20.1 Å². The summed E-state index contributed by atoms with van der Waals surface area (Å²) in [6.45, 7) is 1.99. The van der Waals surface area contributed by atoms with Crippen molar-refractivity contribution >= 4 is 58.2 Å². The maximum Gasteiger partial charge on any atom is 0.221 e. The van der Waals surface area contributed by atoms with Crippen molar-refractivity contribution in [2.24, 2.45) is 5.73 Å². The topological polar surface area (TPSA) is 130 Å². The molecule has 12 heteroatoms. The molecule has 2 amide bonds. The van der Waals surface area contributed by atoms with Gasteiger partial charge in [-0.2, -0.15) is 10.2 Å². The third-order valence-corrected chi connectivity index (χ3v) is 10.9. The van der Waals surface area contributed by atoms with E-state index in [1.54, 1.807) is 30.6 Å². The summed E-state index contributed by atoms with van der Waals surface area (Å²) in [5.74, 6) is -0.733. The van der Waals surface area contributed by atoms with Crippen molar-refractivity contribution in [1.29, 1.82) is 0 Å². The zero-order valence-electron chi connectivity index (χ0n) is 30.2. The number of amides is 2. The molecule has 5 N–H and O–H groups in total. The Morgan fingerprint density at radius 1 is 0.571 bits per heavy atom. The van der Waals surface area contributed by atoms with Gasteiger partial charge in [-0.25, -0.2) is 0 Å². The first kappa shape index (κ1) is 40.3. The molecule has 2 aromatic heterocycles. The standard InChI is InChI=1S/C26H23Cl2N3O.C18H15Cl2N3O/c1-17(18-5-3-2-4-6-18)31-26(32)14-23(21-11-12-24(27)25(28)13-21)20-9-7-19(8-10-20)22-15-29-30-16-22;19-16-6-5-13(7-17(16)20)15(8-18(21)24)12-3-1-11(2-4-12)14-9-22-23-10-14/h2-13,15-17,23H,14H2,1H3,(H,29,30)(H,31,32);1-7,9-10,15H,8H2,(H2,21,24)(H,22,23)/t17-,23+;15-/m01/s1. The summed E-state index contributed by atoms with van der Waals surface area (Å²) >= 11 is 24.5. The lowest BCUT2D eigenvalue weighted by Gasteiger charge is -2.21. The monoisotopic (exact) mass is 822 g/mol. The average molecular weight is 825 g/mol. The van der Waals surface area contributed by atoms with E-state index >= 15 is 0 Å². The minimum Gasteiger partial charge on any atom is -0.370 e. The van der Waals surface area contributed by atoms with Gasteiger partial charge < -0.3 is 11.1 Å².